The summed E-state index contributed by atoms with van der Waals surface area (Å²) in [6.07, 6.45) is 4.53. The molecule has 0 spiro atoms. The molecule has 0 aromatic rings. The van der Waals surface area contributed by atoms with Gasteiger partial charge in [-0.15, -0.1) is 0 Å². The number of nitrogens with one attached hydrogen (secondary N) is 3. The van der Waals surface area contributed by atoms with Gasteiger partial charge in [-0.3, -0.25) is 9.59 Å². The van der Waals surface area contributed by atoms with Gasteiger partial charge in [0.25, 0.3) is 0 Å². The average molecular weight is 485 g/mol. The first-order valence-corrected chi connectivity index (χ1v) is 9.10. The van der Waals surface area contributed by atoms with Crippen LogP contribution in [0.1, 0.15) is 59.8 Å². The van der Waals surface area contributed by atoms with Crippen molar-refractivity contribution in [2.24, 2.45) is 11.7 Å². The molecule has 0 aliphatic carbocycles. The van der Waals surface area contributed by atoms with Crippen LogP contribution in [0.25, 0.3) is 0 Å². The number of unbranched alkanes of at least 4 members (excludes halogenated alkanes) is 1. The Hall–Kier alpha value is -1.28. The van der Waals surface area contributed by atoms with Gasteiger partial charge in [0.2, 0.25) is 11.8 Å². The zero-order valence-electron chi connectivity index (χ0n) is 17.9. The van der Waals surface area contributed by atoms with E-state index in [2.05, 4.69) is 16.0 Å². The summed E-state index contributed by atoms with van der Waals surface area (Å²) < 4.78 is 0. The first-order valence-electron chi connectivity index (χ1n) is 9.10. The SMILES string of the molecule is CC(=O)CCCCC(=O)NC(C(=O)NC[C-]=O)C(C)C.CCCNC(N)=O.[B].[Y]. The molecule has 4 radical (unpaired) electrons. The Morgan fingerprint density at radius 2 is 1.59 bits per heavy atom. The third-order valence-corrected chi connectivity index (χ3v) is 3.33. The van der Waals surface area contributed by atoms with Crippen LogP contribution in [0.15, 0.2) is 0 Å². The molecule has 162 valence electrons. The number of primary amides is 1. The number of urea groups is 1. The van der Waals surface area contributed by atoms with E-state index in [0.717, 1.165) is 6.42 Å². The average Bonchev–Trinajstić information content (AvgIpc) is 2.59. The summed E-state index contributed by atoms with van der Waals surface area (Å²) in [4.78, 5) is 54.2. The predicted molar refractivity (Wildman–Crippen MR) is 108 cm³/mol. The van der Waals surface area contributed by atoms with Crippen LogP contribution in [0.2, 0.25) is 0 Å². The fourth-order valence-corrected chi connectivity index (χ4v) is 1.92. The van der Waals surface area contributed by atoms with E-state index in [0.29, 0.717) is 25.8 Å². The zero-order chi connectivity index (χ0) is 21.2. The molecule has 0 saturated carbocycles. The second kappa shape index (κ2) is 23.0. The van der Waals surface area contributed by atoms with Gasteiger partial charge in [-0.2, -0.15) is 0 Å². The molecule has 0 aliphatic rings. The summed E-state index contributed by atoms with van der Waals surface area (Å²) in [7, 11) is 0. The molecule has 0 fully saturated rings. The smallest absolute Gasteiger partial charge is 0.312 e. The Bertz CT molecular complexity index is 493. The van der Waals surface area contributed by atoms with Crippen LogP contribution in [0.5, 0.6) is 0 Å². The normalized spacial score (nSPS) is 10.1. The summed E-state index contributed by atoms with van der Waals surface area (Å²) >= 11 is 0. The monoisotopic (exact) mass is 485 g/mol. The number of ketones is 1. The fraction of sp³-hybridized carbons (Fsp3) is 0.722. The zero-order valence-corrected chi connectivity index (χ0v) is 20.7. The van der Waals surface area contributed by atoms with Gasteiger partial charge in [-0.1, -0.05) is 27.3 Å². The summed E-state index contributed by atoms with van der Waals surface area (Å²) in [5.74, 6) is -0.587. The molecule has 1 atom stereocenters. The fourth-order valence-electron chi connectivity index (χ4n) is 1.92. The van der Waals surface area contributed by atoms with Gasteiger partial charge >= 0.3 is 6.03 Å². The largest absolute Gasteiger partial charge is 0.540 e. The Labute approximate surface area is 200 Å². The molecule has 4 amide bonds. The van der Waals surface area contributed by atoms with Crippen molar-refractivity contribution in [3.05, 3.63) is 0 Å². The molecule has 0 heterocycles. The van der Waals surface area contributed by atoms with Crippen LogP contribution in [0, 0.1) is 5.92 Å². The molecule has 0 saturated heterocycles. The van der Waals surface area contributed by atoms with Crippen molar-refractivity contribution in [2.45, 2.75) is 65.8 Å². The molecular weight excluding hydrogens is 452 g/mol. The maximum atomic E-state index is 11.7. The standard InChI is InChI=1S/C14H23N2O4.C4H10N2O.B.Y/c1-10(2)13(14(20)15-8-9-17)16-12(19)7-5-4-6-11(3)18;1-2-3-6-4(5)7;;/h10,13H,4-8H2,1-3H3,(H,15,20)(H,16,19);2-3H2,1H3,(H3,5,6,7);;/q-1;;;. The Balaban J connectivity index is -0.000000298. The molecule has 0 rings (SSSR count). The molecular formula is C18H33BN4O5Y-. The minimum absolute atomic E-state index is 0. The van der Waals surface area contributed by atoms with Gasteiger partial charge in [0.05, 0.1) is 0 Å². The molecule has 5 N–H and O–H groups in total. The van der Waals surface area contributed by atoms with Crippen LogP contribution in [-0.4, -0.2) is 57.5 Å². The van der Waals surface area contributed by atoms with Gasteiger partial charge in [-0.25, -0.2) is 11.1 Å². The van der Waals surface area contributed by atoms with E-state index in [-0.39, 0.29) is 77.6 Å². The molecule has 0 aromatic carbocycles. The Kier molecular flexibility index (Phi) is 27.9. The van der Waals surface area contributed by atoms with E-state index in [1.165, 1.54) is 6.92 Å². The first-order chi connectivity index (χ1) is 12.6. The number of carbonyl (C=O) groups is 4. The van der Waals surface area contributed by atoms with Gasteiger partial charge < -0.3 is 31.3 Å². The molecule has 29 heavy (non-hydrogen) atoms. The molecule has 0 bridgehead atoms. The minimum atomic E-state index is -0.663. The molecule has 9 nitrogen and oxygen atoms in total. The molecule has 1 unspecified atom stereocenters. The first kappa shape index (κ1) is 35.2. The second-order valence-electron chi connectivity index (χ2n) is 6.35. The van der Waals surface area contributed by atoms with Crippen LogP contribution in [0.4, 0.5) is 4.79 Å². The quantitative estimate of drug-likeness (QED) is 0.177. The third kappa shape index (κ3) is 24.7. The van der Waals surface area contributed by atoms with Gasteiger partial charge in [0, 0.05) is 60.5 Å². The van der Waals surface area contributed by atoms with E-state index in [9.17, 15) is 24.0 Å². The summed E-state index contributed by atoms with van der Waals surface area (Å²) in [5.41, 5.74) is 4.73. The van der Waals surface area contributed by atoms with Crippen LogP contribution in [0.3, 0.4) is 0 Å². The van der Waals surface area contributed by atoms with E-state index >= 15 is 0 Å². The number of amides is 4. The van der Waals surface area contributed by atoms with Crippen molar-refractivity contribution in [2.75, 3.05) is 13.1 Å². The topological polar surface area (TPSA) is 147 Å². The van der Waals surface area contributed by atoms with E-state index in [1.54, 1.807) is 6.29 Å². The Morgan fingerprint density at radius 1 is 1.03 bits per heavy atom. The molecule has 11 heteroatoms. The van der Waals surface area contributed by atoms with Crippen molar-refractivity contribution < 1.29 is 56.7 Å². The number of Topliss-reactive ketones (excluding diaryl/α,β-unsaturated/α-hetero) is 1. The van der Waals surface area contributed by atoms with Crippen molar-refractivity contribution in [1.82, 2.24) is 16.0 Å². The van der Waals surface area contributed by atoms with E-state index in [1.807, 2.05) is 20.8 Å². The van der Waals surface area contributed by atoms with Gasteiger partial charge in [0.1, 0.15) is 11.8 Å². The van der Waals surface area contributed by atoms with E-state index < -0.39 is 12.1 Å². The summed E-state index contributed by atoms with van der Waals surface area (Å²) in [5, 5.41) is 7.46. The third-order valence-electron chi connectivity index (χ3n) is 3.33. The van der Waals surface area contributed by atoms with E-state index in [4.69, 9.17) is 5.73 Å². The van der Waals surface area contributed by atoms with Crippen LogP contribution < -0.4 is 21.7 Å². The minimum Gasteiger partial charge on any atom is -0.540 e. The van der Waals surface area contributed by atoms with Crippen molar-refractivity contribution in [3.63, 3.8) is 0 Å². The van der Waals surface area contributed by atoms with Crippen LogP contribution >= 0.6 is 0 Å². The molecule has 0 aromatic heterocycles. The van der Waals surface area contributed by atoms with Crippen molar-refractivity contribution in [3.8, 4) is 0 Å². The predicted octanol–water partition coefficient (Wildman–Crippen LogP) is 0.184. The summed E-state index contributed by atoms with van der Waals surface area (Å²) in [6.45, 7) is 7.60. The number of hydrogen-bond donors (Lipinski definition) is 4. The van der Waals surface area contributed by atoms with Crippen molar-refractivity contribution in [1.29, 1.82) is 0 Å². The van der Waals surface area contributed by atoms with Crippen LogP contribution in [-0.2, 0) is 51.9 Å². The Morgan fingerprint density at radius 3 is 1.97 bits per heavy atom. The number of nitrogens with two attached hydrogens (primary N) is 1. The second-order valence-corrected chi connectivity index (χ2v) is 6.35. The maximum absolute atomic E-state index is 11.7. The van der Waals surface area contributed by atoms with Gasteiger partial charge in [0.15, 0.2) is 0 Å². The van der Waals surface area contributed by atoms with Crippen molar-refractivity contribution >= 4 is 38.3 Å². The number of hydrogen-bond acceptors (Lipinski definition) is 5. The molecule has 0 aliphatic heterocycles. The number of carbonyl (C=O) groups excluding carboxylic acids is 5. The number of rotatable bonds is 12. The maximum Gasteiger partial charge on any atom is 0.312 e. The van der Waals surface area contributed by atoms with Gasteiger partial charge in [-0.05, 0) is 32.1 Å². The summed E-state index contributed by atoms with van der Waals surface area (Å²) in [6, 6.07) is -1.11.